The second kappa shape index (κ2) is 6.78. The van der Waals surface area contributed by atoms with Gasteiger partial charge in [-0.25, -0.2) is 0 Å². The lowest BCUT2D eigenvalue weighted by atomic mass is 9.96. The van der Waals surface area contributed by atoms with E-state index in [1.807, 2.05) is 0 Å². The molecular weight excluding hydrogens is 252 g/mol. The van der Waals surface area contributed by atoms with Crippen molar-refractivity contribution in [3.63, 3.8) is 0 Å². The molecule has 3 heteroatoms. The molecule has 0 bridgehead atoms. The highest BCUT2D eigenvalue weighted by molar-refractivity contribution is 8.00. The fourth-order valence-electron chi connectivity index (χ4n) is 3.02. The molecule has 0 radical (unpaired) electrons. The minimum atomic E-state index is 0.370. The third-order valence-electron chi connectivity index (χ3n) is 4.35. The highest BCUT2D eigenvalue weighted by Gasteiger charge is 2.31. The van der Waals surface area contributed by atoms with Crippen LogP contribution in [0.1, 0.15) is 37.9 Å². The summed E-state index contributed by atoms with van der Waals surface area (Å²) >= 11 is 2.08. The van der Waals surface area contributed by atoms with Crippen LogP contribution < -0.4 is 5.73 Å². The smallest absolute Gasteiger partial charge is 0.0476 e. The van der Waals surface area contributed by atoms with Gasteiger partial charge in [0.05, 0.1) is 0 Å². The van der Waals surface area contributed by atoms with Crippen LogP contribution in [0.4, 0.5) is 0 Å². The normalized spacial score (nSPS) is 26.3. The van der Waals surface area contributed by atoms with Crippen molar-refractivity contribution in [3.05, 3.63) is 35.4 Å². The van der Waals surface area contributed by atoms with E-state index in [1.165, 1.54) is 16.9 Å². The standard InChI is InChI=1S/C16H26N2S/c1-4-14-7-5-6-8-15(14)16(11-17)18-9-10-19-13(3)12(18)2/h5-8,12-13,16H,4,9-11,17H2,1-3H3. The van der Waals surface area contributed by atoms with Crippen LogP contribution in [0.25, 0.3) is 0 Å². The molecule has 0 spiro atoms. The summed E-state index contributed by atoms with van der Waals surface area (Å²) in [4.78, 5) is 2.61. The van der Waals surface area contributed by atoms with Crippen molar-refractivity contribution in [1.29, 1.82) is 0 Å². The summed E-state index contributed by atoms with van der Waals surface area (Å²) in [6.07, 6.45) is 1.08. The van der Waals surface area contributed by atoms with Crippen molar-refractivity contribution >= 4 is 11.8 Å². The third kappa shape index (κ3) is 3.15. The number of benzene rings is 1. The molecule has 1 aromatic carbocycles. The Kier molecular flexibility index (Phi) is 5.31. The van der Waals surface area contributed by atoms with E-state index in [1.54, 1.807) is 0 Å². The van der Waals surface area contributed by atoms with Crippen molar-refractivity contribution in [2.24, 2.45) is 5.73 Å². The first-order valence-corrected chi connectivity index (χ1v) is 8.39. The number of thioether (sulfide) groups is 1. The molecule has 3 atom stereocenters. The Morgan fingerprint density at radius 3 is 2.79 bits per heavy atom. The molecule has 1 aliphatic heterocycles. The fraction of sp³-hybridized carbons (Fsp3) is 0.625. The Hall–Kier alpha value is -0.510. The summed E-state index contributed by atoms with van der Waals surface area (Å²) in [5.41, 5.74) is 8.99. The van der Waals surface area contributed by atoms with Gasteiger partial charge in [-0.15, -0.1) is 0 Å². The van der Waals surface area contributed by atoms with Gasteiger partial charge in [0, 0.05) is 36.2 Å². The second-order valence-electron chi connectivity index (χ2n) is 5.36. The number of nitrogens with zero attached hydrogens (tertiary/aromatic N) is 1. The Morgan fingerprint density at radius 1 is 1.37 bits per heavy atom. The molecule has 1 heterocycles. The molecule has 106 valence electrons. The summed E-state index contributed by atoms with van der Waals surface area (Å²) in [6, 6.07) is 9.74. The van der Waals surface area contributed by atoms with E-state index >= 15 is 0 Å². The molecule has 1 saturated heterocycles. The van der Waals surface area contributed by atoms with Crippen LogP contribution in [-0.2, 0) is 6.42 Å². The summed E-state index contributed by atoms with van der Waals surface area (Å²) in [5.74, 6) is 1.22. The van der Waals surface area contributed by atoms with E-state index in [2.05, 4.69) is 61.7 Å². The molecule has 2 rings (SSSR count). The lowest BCUT2D eigenvalue weighted by molar-refractivity contribution is 0.150. The summed E-state index contributed by atoms with van der Waals surface area (Å²) in [6.45, 7) is 8.76. The van der Waals surface area contributed by atoms with Crippen LogP contribution >= 0.6 is 11.8 Å². The first-order valence-electron chi connectivity index (χ1n) is 7.34. The Morgan fingerprint density at radius 2 is 2.11 bits per heavy atom. The third-order valence-corrected chi connectivity index (χ3v) is 5.69. The molecule has 0 aromatic heterocycles. The van der Waals surface area contributed by atoms with Crippen molar-refractivity contribution in [2.45, 2.75) is 44.5 Å². The van der Waals surface area contributed by atoms with Crippen LogP contribution in [0.2, 0.25) is 0 Å². The lowest BCUT2D eigenvalue weighted by Crippen LogP contribution is -2.48. The van der Waals surface area contributed by atoms with E-state index < -0.39 is 0 Å². The average molecular weight is 278 g/mol. The summed E-state index contributed by atoms with van der Waals surface area (Å²) in [7, 11) is 0. The van der Waals surface area contributed by atoms with Crippen LogP contribution in [-0.4, -0.2) is 35.0 Å². The molecule has 19 heavy (non-hydrogen) atoms. The van der Waals surface area contributed by atoms with Gasteiger partial charge >= 0.3 is 0 Å². The van der Waals surface area contributed by atoms with E-state index in [-0.39, 0.29) is 0 Å². The van der Waals surface area contributed by atoms with Crippen LogP contribution in [0, 0.1) is 0 Å². The lowest BCUT2D eigenvalue weighted by Gasteiger charge is -2.42. The zero-order valence-electron chi connectivity index (χ0n) is 12.3. The molecule has 2 nitrogen and oxygen atoms in total. The van der Waals surface area contributed by atoms with Gasteiger partial charge in [-0.05, 0) is 24.5 Å². The molecule has 1 aromatic rings. The maximum absolute atomic E-state index is 6.12. The van der Waals surface area contributed by atoms with Gasteiger partial charge in [0.25, 0.3) is 0 Å². The van der Waals surface area contributed by atoms with Crippen LogP contribution in [0.5, 0.6) is 0 Å². The first kappa shape index (κ1) is 14.9. The van der Waals surface area contributed by atoms with Gasteiger partial charge in [0.1, 0.15) is 0 Å². The predicted molar refractivity (Wildman–Crippen MR) is 85.7 cm³/mol. The first-order chi connectivity index (χ1) is 9.19. The van der Waals surface area contributed by atoms with Gasteiger partial charge in [-0.3, -0.25) is 4.90 Å². The maximum Gasteiger partial charge on any atom is 0.0476 e. The van der Waals surface area contributed by atoms with Crippen molar-refractivity contribution in [3.8, 4) is 0 Å². The Labute approximate surface area is 121 Å². The largest absolute Gasteiger partial charge is 0.329 e. The monoisotopic (exact) mass is 278 g/mol. The number of hydrogen-bond donors (Lipinski definition) is 1. The average Bonchev–Trinajstić information content (AvgIpc) is 2.45. The number of rotatable bonds is 4. The van der Waals surface area contributed by atoms with Crippen molar-refractivity contribution in [2.75, 3.05) is 18.8 Å². The van der Waals surface area contributed by atoms with Gasteiger partial charge < -0.3 is 5.73 Å². The molecule has 2 N–H and O–H groups in total. The second-order valence-corrected chi connectivity index (χ2v) is 6.84. The van der Waals surface area contributed by atoms with Gasteiger partial charge in [0.15, 0.2) is 0 Å². The SMILES string of the molecule is CCc1ccccc1C(CN)N1CCSC(C)C1C. The summed E-state index contributed by atoms with van der Waals surface area (Å²) in [5, 5.41) is 0.691. The van der Waals surface area contributed by atoms with E-state index in [4.69, 9.17) is 5.73 Å². The topological polar surface area (TPSA) is 29.3 Å². The highest BCUT2D eigenvalue weighted by atomic mass is 32.2. The number of hydrogen-bond acceptors (Lipinski definition) is 3. The molecule has 0 saturated carbocycles. The van der Waals surface area contributed by atoms with Crippen LogP contribution in [0.3, 0.4) is 0 Å². The van der Waals surface area contributed by atoms with E-state index in [9.17, 15) is 0 Å². The Balaban J connectivity index is 2.28. The van der Waals surface area contributed by atoms with Crippen molar-refractivity contribution in [1.82, 2.24) is 4.90 Å². The minimum absolute atomic E-state index is 0.370. The molecule has 0 aliphatic carbocycles. The number of nitrogens with two attached hydrogens (primary N) is 1. The van der Waals surface area contributed by atoms with E-state index in [0.29, 0.717) is 23.9 Å². The number of aryl methyl sites for hydroxylation is 1. The minimum Gasteiger partial charge on any atom is -0.329 e. The van der Waals surface area contributed by atoms with Gasteiger partial charge in [0.2, 0.25) is 0 Å². The van der Waals surface area contributed by atoms with Gasteiger partial charge in [-0.2, -0.15) is 11.8 Å². The fourth-order valence-corrected chi connectivity index (χ4v) is 4.14. The molecule has 3 unspecified atom stereocenters. The Bertz CT molecular complexity index is 407. The highest BCUT2D eigenvalue weighted by Crippen LogP contribution is 2.32. The molecule has 1 aliphatic rings. The van der Waals surface area contributed by atoms with Gasteiger partial charge in [-0.1, -0.05) is 38.1 Å². The van der Waals surface area contributed by atoms with Crippen LogP contribution in [0.15, 0.2) is 24.3 Å². The molecular formula is C16H26N2S. The zero-order chi connectivity index (χ0) is 13.8. The summed E-state index contributed by atoms with van der Waals surface area (Å²) < 4.78 is 0. The molecule has 0 amide bonds. The zero-order valence-corrected chi connectivity index (χ0v) is 13.1. The molecule has 1 fully saturated rings. The van der Waals surface area contributed by atoms with E-state index in [0.717, 1.165) is 13.0 Å². The predicted octanol–water partition coefficient (Wildman–Crippen LogP) is 3.07. The van der Waals surface area contributed by atoms with Crippen molar-refractivity contribution < 1.29 is 0 Å². The maximum atomic E-state index is 6.12. The quantitative estimate of drug-likeness (QED) is 0.918.